The number of benzene rings is 1. The van der Waals surface area contributed by atoms with Gasteiger partial charge >= 0.3 is 0 Å². The zero-order valence-corrected chi connectivity index (χ0v) is 11.9. The molecule has 108 valence electrons. The van der Waals surface area contributed by atoms with Crippen molar-refractivity contribution in [2.45, 2.75) is 19.8 Å². The topological polar surface area (TPSA) is 99.6 Å². The summed E-state index contributed by atoms with van der Waals surface area (Å²) < 4.78 is 0. The molecule has 0 aliphatic heterocycles. The van der Waals surface area contributed by atoms with Gasteiger partial charge in [0.05, 0.1) is 12.5 Å². The predicted octanol–water partition coefficient (Wildman–Crippen LogP) is 2.69. The zero-order valence-electron chi connectivity index (χ0n) is 11.9. The minimum atomic E-state index is 0.222. The quantitative estimate of drug-likeness (QED) is 0.753. The molecular weight excluding hydrogens is 264 g/mol. The average molecular weight is 282 g/mol. The number of anilines is 4. The molecule has 0 amide bonds. The highest BCUT2D eigenvalue weighted by molar-refractivity contribution is 5.61. The maximum atomic E-state index is 8.65. The fourth-order valence-electron chi connectivity index (χ4n) is 1.82. The summed E-state index contributed by atoms with van der Waals surface area (Å²) in [6.45, 7) is 2.91. The lowest BCUT2D eigenvalue weighted by atomic mass is 10.1. The highest BCUT2D eigenvalue weighted by Gasteiger charge is 2.03. The van der Waals surface area contributed by atoms with Gasteiger partial charge in [-0.3, -0.25) is 0 Å². The van der Waals surface area contributed by atoms with E-state index in [4.69, 9.17) is 11.0 Å². The summed E-state index contributed by atoms with van der Waals surface area (Å²) in [5.41, 5.74) is 7.58. The first kappa shape index (κ1) is 14.6. The van der Waals surface area contributed by atoms with Crippen molar-refractivity contribution in [3.05, 3.63) is 35.9 Å². The van der Waals surface area contributed by atoms with E-state index < -0.39 is 0 Å². The first-order chi connectivity index (χ1) is 10.2. The Morgan fingerprint density at radius 3 is 2.57 bits per heavy atom. The molecule has 0 aliphatic rings. The van der Waals surface area contributed by atoms with E-state index >= 15 is 0 Å². The molecule has 0 atom stereocenters. The van der Waals surface area contributed by atoms with Crippen molar-refractivity contribution in [2.75, 3.05) is 22.9 Å². The zero-order chi connectivity index (χ0) is 15.1. The minimum absolute atomic E-state index is 0.222. The number of aromatic nitrogens is 2. The monoisotopic (exact) mass is 282 g/mol. The number of nitrogens with zero attached hydrogens (tertiary/aromatic N) is 3. The first-order valence-corrected chi connectivity index (χ1v) is 6.82. The van der Waals surface area contributed by atoms with E-state index in [9.17, 15) is 0 Å². The minimum Gasteiger partial charge on any atom is -0.370 e. The molecule has 0 spiro atoms. The van der Waals surface area contributed by atoms with Gasteiger partial charge in [0.15, 0.2) is 0 Å². The lowest BCUT2D eigenvalue weighted by molar-refractivity contribution is 0.967. The Labute approximate surface area is 124 Å². The highest BCUT2D eigenvalue weighted by Crippen LogP contribution is 2.18. The van der Waals surface area contributed by atoms with Crippen molar-refractivity contribution in [3.8, 4) is 6.07 Å². The number of nitrogens with one attached hydrogen (secondary N) is 2. The van der Waals surface area contributed by atoms with Crippen LogP contribution in [0.25, 0.3) is 0 Å². The smallest absolute Gasteiger partial charge is 0.223 e. The Kier molecular flexibility index (Phi) is 4.94. The van der Waals surface area contributed by atoms with Gasteiger partial charge in [-0.1, -0.05) is 19.1 Å². The number of nitrogens with two attached hydrogens (primary N) is 1. The Morgan fingerprint density at radius 1 is 1.19 bits per heavy atom. The molecule has 0 radical (unpaired) electrons. The van der Waals surface area contributed by atoms with Gasteiger partial charge in [-0.2, -0.15) is 15.2 Å². The van der Waals surface area contributed by atoms with Gasteiger partial charge in [-0.25, -0.2) is 0 Å². The molecule has 1 aromatic carbocycles. The Morgan fingerprint density at radius 2 is 1.90 bits per heavy atom. The molecule has 0 saturated heterocycles. The van der Waals surface area contributed by atoms with E-state index in [2.05, 4.69) is 33.6 Å². The number of nitriles is 1. The van der Waals surface area contributed by atoms with Crippen molar-refractivity contribution in [2.24, 2.45) is 0 Å². The van der Waals surface area contributed by atoms with E-state index in [0.29, 0.717) is 18.1 Å². The number of rotatable bonds is 6. The van der Waals surface area contributed by atoms with Gasteiger partial charge in [0, 0.05) is 18.3 Å². The van der Waals surface area contributed by atoms with E-state index in [1.54, 1.807) is 0 Å². The van der Waals surface area contributed by atoms with Crippen molar-refractivity contribution < 1.29 is 0 Å². The molecular formula is C15H18N6. The van der Waals surface area contributed by atoms with Crippen LogP contribution in [0.4, 0.5) is 23.3 Å². The van der Waals surface area contributed by atoms with Gasteiger partial charge in [-0.15, -0.1) is 0 Å². The molecule has 6 nitrogen and oxygen atoms in total. The maximum absolute atomic E-state index is 8.65. The molecule has 2 aromatic rings. The standard InChI is InChI=1S/C15H18N6/c1-2-9-18-13-10-14(21-15(17)20-13)19-12-5-3-11(4-6-12)7-8-16/h3-6,10H,2,7,9H2,1H3,(H4,17,18,19,20,21). The molecule has 0 bridgehead atoms. The van der Waals surface area contributed by atoms with Crippen LogP contribution in [0.1, 0.15) is 18.9 Å². The summed E-state index contributed by atoms with van der Waals surface area (Å²) in [5, 5.41) is 15.0. The molecule has 6 heteroatoms. The van der Waals surface area contributed by atoms with Crippen LogP contribution >= 0.6 is 0 Å². The van der Waals surface area contributed by atoms with Crippen LogP contribution in [0.2, 0.25) is 0 Å². The van der Waals surface area contributed by atoms with Crippen LogP contribution in [0, 0.1) is 11.3 Å². The number of nitrogen functional groups attached to an aromatic ring is 1. The fourth-order valence-corrected chi connectivity index (χ4v) is 1.82. The van der Waals surface area contributed by atoms with Gasteiger partial charge < -0.3 is 16.4 Å². The van der Waals surface area contributed by atoms with Gasteiger partial charge in [-0.05, 0) is 24.1 Å². The predicted molar refractivity (Wildman–Crippen MR) is 84.3 cm³/mol. The molecule has 1 aromatic heterocycles. The molecule has 1 heterocycles. The van der Waals surface area contributed by atoms with Crippen LogP contribution in [-0.4, -0.2) is 16.5 Å². The van der Waals surface area contributed by atoms with Crippen LogP contribution in [0.5, 0.6) is 0 Å². The number of hydrogen-bond donors (Lipinski definition) is 3. The molecule has 0 aliphatic carbocycles. The SMILES string of the molecule is CCCNc1cc(Nc2ccc(CC#N)cc2)nc(N)n1. The van der Waals surface area contributed by atoms with E-state index in [1.807, 2.05) is 30.3 Å². The molecule has 0 saturated carbocycles. The van der Waals surface area contributed by atoms with Crippen LogP contribution in [-0.2, 0) is 6.42 Å². The van der Waals surface area contributed by atoms with Crippen LogP contribution in [0.3, 0.4) is 0 Å². The molecule has 0 fully saturated rings. The Hall–Kier alpha value is -2.81. The first-order valence-electron chi connectivity index (χ1n) is 6.82. The van der Waals surface area contributed by atoms with Crippen molar-refractivity contribution in [3.63, 3.8) is 0 Å². The van der Waals surface area contributed by atoms with Gasteiger partial charge in [0.25, 0.3) is 0 Å². The lowest BCUT2D eigenvalue weighted by Gasteiger charge is -2.09. The second-order valence-electron chi connectivity index (χ2n) is 4.58. The van der Waals surface area contributed by atoms with Crippen LogP contribution < -0.4 is 16.4 Å². The third-order valence-corrected chi connectivity index (χ3v) is 2.81. The summed E-state index contributed by atoms with van der Waals surface area (Å²) in [5.74, 6) is 1.56. The summed E-state index contributed by atoms with van der Waals surface area (Å²) >= 11 is 0. The lowest BCUT2D eigenvalue weighted by Crippen LogP contribution is -2.06. The molecule has 2 rings (SSSR count). The molecule has 21 heavy (non-hydrogen) atoms. The summed E-state index contributed by atoms with van der Waals surface area (Å²) in [6.07, 6.45) is 1.42. The molecule has 4 N–H and O–H groups in total. The van der Waals surface area contributed by atoms with Crippen molar-refractivity contribution in [1.29, 1.82) is 5.26 Å². The maximum Gasteiger partial charge on any atom is 0.223 e. The fraction of sp³-hybridized carbons (Fsp3) is 0.267. The van der Waals surface area contributed by atoms with Gasteiger partial charge in [0.1, 0.15) is 11.6 Å². The van der Waals surface area contributed by atoms with E-state index in [0.717, 1.165) is 24.2 Å². The Balaban J connectivity index is 2.11. The summed E-state index contributed by atoms with van der Waals surface area (Å²) in [7, 11) is 0. The van der Waals surface area contributed by atoms with Crippen molar-refractivity contribution >= 4 is 23.3 Å². The third-order valence-electron chi connectivity index (χ3n) is 2.81. The summed E-state index contributed by atoms with van der Waals surface area (Å²) in [4.78, 5) is 8.29. The average Bonchev–Trinajstić information content (AvgIpc) is 2.47. The molecule has 0 unspecified atom stereocenters. The van der Waals surface area contributed by atoms with E-state index in [-0.39, 0.29) is 5.95 Å². The second-order valence-corrected chi connectivity index (χ2v) is 4.58. The van der Waals surface area contributed by atoms with Crippen molar-refractivity contribution in [1.82, 2.24) is 9.97 Å². The second kappa shape index (κ2) is 7.10. The van der Waals surface area contributed by atoms with E-state index in [1.165, 1.54) is 0 Å². The largest absolute Gasteiger partial charge is 0.370 e. The summed E-state index contributed by atoms with van der Waals surface area (Å²) in [6, 6.07) is 11.6. The van der Waals surface area contributed by atoms with Gasteiger partial charge in [0.2, 0.25) is 5.95 Å². The van der Waals surface area contributed by atoms with Crippen LogP contribution in [0.15, 0.2) is 30.3 Å². The highest BCUT2D eigenvalue weighted by atomic mass is 15.1. The normalized spacial score (nSPS) is 9.90. The third kappa shape index (κ3) is 4.35. The Bertz CT molecular complexity index is 630. The number of hydrogen-bond acceptors (Lipinski definition) is 6.